The molecule has 0 spiro atoms. The van der Waals surface area contributed by atoms with Crippen LogP contribution in [0, 0.1) is 15.9 Å². The van der Waals surface area contributed by atoms with Crippen molar-refractivity contribution in [2.24, 2.45) is 0 Å². The van der Waals surface area contributed by atoms with Gasteiger partial charge in [0.05, 0.1) is 16.4 Å². The number of halogens is 2. The summed E-state index contributed by atoms with van der Waals surface area (Å²) < 4.78 is 20.1. The zero-order valence-electron chi connectivity index (χ0n) is 10.3. The van der Waals surface area contributed by atoms with Gasteiger partial charge in [0.2, 0.25) is 0 Å². The summed E-state index contributed by atoms with van der Waals surface area (Å²) in [5, 5.41) is 11.2. The molecule has 0 fully saturated rings. The smallest absolute Gasteiger partial charge is 0.272 e. The molecular formula is C13H7BrFN3O3. The molecule has 3 rings (SSSR count). The highest BCUT2D eigenvalue weighted by molar-refractivity contribution is 9.10. The second-order valence-corrected chi connectivity index (χ2v) is 5.00. The molecule has 21 heavy (non-hydrogen) atoms. The second kappa shape index (κ2) is 5.13. The van der Waals surface area contributed by atoms with Crippen molar-refractivity contribution in [1.29, 1.82) is 0 Å². The third kappa shape index (κ3) is 2.45. The molecule has 0 saturated heterocycles. The summed E-state index contributed by atoms with van der Waals surface area (Å²) >= 11 is 3.35. The van der Waals surface area contributed by atoms with Gasteiger partial charge >= 0.3 is 0 Å². The summed E-state index contributed by atoms with van der Waals surface area (Å²) in [6.45, 7) is 0. The lowest BCUT2D eigenvalue weighted by Crippen LogP contribution is -1.93. The van der Waals surface area contributed by atoms with Crippen LogP contribution >= 0.6 is 15.9 Å². The topological polar surface area (TPSA) is 81.1 Å². The number of fused-ring (bicyclic) bond motifs is 1. The third-order valence-corrected chi connectivity index (χ3v) is 3.46. The first-order valence-corrected chi connectivity index (χ1v) is 6.59. The van der Waals surface area contributed by atoms with E-state index in [0.717, 1.165) is 10.5 Å². The average molecular weight is 352 g/mol. The molecule has 8 heteroatoms. The Balaban J connectivity index is 2.03. The fourth-order valence-electron chi connectivity index (χ4n) is 1.88. The van der Waals surface area contributed by atoms with Crippen LogP contribution in [0.3, 0.4) is 0 Å². The Morgan fingerprint density at radius 2 is 2.14 bits per heavy atom. The van der Waals surface area contributed by atoms with Crippen LogP contribution in [0.15, 0.2) is 41.1 Å². The molecule has 3 aromatic rings. The van der Waals surface area contributed by atoms with Gasteiger partial charge in [0.25, 0.3) is 5.69 Å². The molecule has 106 valence electrons. The Hall–Kier alpha value is -2.48. The number of benzene rings is 1. The van der Waals surface area contributed by atoms with E-state index in [0.29, 0.717) is 16.8 Å². The minimum Gasteiger partial charge on any atom is -0.453 e. The van der Waals surface area contributed by atoms with Crippen molar-refractivity contribution < 1.29 is 14.1 Å². The number of pyridine rings is 1. The predicted octanol–water partition coefficient (Wildman–Crippen LogP) is 4.17. The number of ether oxygens (including phenoxy) is 1. The van der Waals surface area contributed by atoms with Crippen molar-refractivity contribution >= 4 is 32.7 Å². The van der Waals surface area contributed by atoms with Crippen molar-refractivity contribution in [1.82, 2.24) is 9.97 Å². The van der Waals surface area contributed by atoms with E-state index in [1.807, 2.05) is 0 Å². The summed E-state index contributed by atoms with van der Waals surface area (Å²) in [5.41, 5.74) is 0.254. The molecule has 0 atom stereocenters. The largest absolute Gasteiger partial charge is 0.453 e. The first kappa shape index (κ1) is 13.5. The lowest BCUT2D eigenvalue weighted by atomic mass is 10.3. The normalized spacial score (nSPS) is 10.8. The van der Waals surface area contributed by atoms with Crippen LogP contribution in [0.4, 0.5) is 10.1 Å². The number of nitro benzene ring substituents is 1. The highest BCUT2D eigenvalue weighted by atomic mass is 79.9. The fraction of sp³-hybridized carbons (Fsp3) is 0. The summed E-state index contributed by atoms with van der Waals surface area (Å²) in [6, 6.07) is 4.81. The SMILES string of the molecule is O=[N+]([O-])c1ccc(Oc2ccnc3[nH]cc(Br)c23)c(F)c1. The minimum absolute atomic E-state index is 0.0961. The summed E-state index contributed by atoms with van der Waals surface area (Å²) in [4.78, 5) is 17.0. The van der Waals surface area contributed by atoms with E-state index >= 15 is 0 Å². The molecule has 0 bridgehead atoms. The molecule has 2 heterocycles. The van der Waals surface area contributed by atoms with Gasteiger partial charge in [-0.05, 0) is 28.1 Å². The second-order valence-electron chi connectivity index (χ2n) is 4.14. The number of H-pyrrole nitrogens is 1. The number of hydrogen-bond acceptors (Lipinski definition) is 4. The van der Waals surface area contributed by atoms with Crippen LogP contribution in [0.2, 0.25) is 0 Å². The molecule has 0 amide bonds. The molecule has 0 unspecified atom stereocenters. The molecule has 0 radical (unpaired) electrons. The molecule has 0 aliphatic rings. The van der Waals surface area contributed by atoms with E-state index in [2.05, 4.69) is 25.9 Å². The number of rotatable bonds is 3. The van der Waals surface area contributed by atoms with Crippen LogP contribution in [0.25, 0.3) is 11.0 Å². The van der Waals surface area contributed by atoms with Crippen LogP contribution in [-0.2, 0) is 0 Å². The molecule has 0 saturated carbocycles. The van der Waals surface area contributed by atoms with E-state index in [9.17, 15) is 14.5 Å². The third-order valence-electron chi connectivity index (χ3n) is 2.83. The van der Waals surface area contributed by atoms with Gasteiger partial charge in [-0.25, -0.2) is 9.37 Å². The van der Waals surface area contributed by atoms with E-state index in [1.165, 1.54) is 18.3 Å². The van der Waals surface area contributed by atoms with E-state index in [4.69, 9.17) is 4.74 Å². The van der Waals surface area contributed by atoms with Crippen molar-refractivity contribution in [3.05, 3.63) is 57.1 Å². The first-order chi connectivity index (χ1) is 10.1. The highest BCUT2D eigenvalue weighted by Crippen LogP contribution is 2.35. The van der Waals surface area contributed by atoms with Gasteiger partial charge in [-0.3, -0.25) is 10.1 Å². The number of nitrogens with one attached hydrogen (secondary N) is 1. The van der Waals surface area contributed by atoms with Crippen LogP contribution in [0.1, 0.15) is 0 Å². The molecule has 6 nitrogen and oxygen atoms in total. The number of non-ortho nitro benzene ring substituents is 1. The van der Waals surface area contributed by atoms with Crippen molar-refractivity contribution in [3.8, 4) is 11.5 Å². The van der Waals surface area contributed by atoms with Crippen LogP contribution in [0.5, 0.6) is 11.5 Å². The first-order valence-electron chi connectivity index (χ1n) is 5.79. The standard InChI is InChI=1S/C13H7BrFN3O3/c14-8-6-17-13-12(8)11(3-4-16-13)21-10-2-1-7(18(19)20)5-9(10)15/h1-6H,(H,16,17). The van der Waals surface area contributed by atoms with Crippen molar-refractivity contribution in [3.63, 3.8) is 0 Å². The monoisotopic (exact) mass is 351 g/mol. The highest BCUT2D eigenvalue weighted by Gasteiger charge is 2.15. The van der Waals surface area contributed by atoms with Crippen molar-refractivity contribution in [2.75, 3.05) is 0 Å². The minimum atomic E-state index is -0.805. The fourth-order valence-corrected chi connectivity index (χ4v) is 2.38. The van der Waals surface area contributed by atoms with Crippen LogP contribution in [-0.4, -0.2) is 14.9 Å². The summed E-state index contributed by atoms with van der Waals surface area (Å²) in [5.74, 6) is -0.511. The molecular weight excluding hydrogens is 345 g/mol. The molecule has 0 aliphatic heterocycles. The maximum absolute atomic E-state index is 13.9. The van der Waals surface area contributed by atoms with E-state index < -0.39 is 10.7 Å². The molecule has 2 aromatic heterocycles. The zero-order chi connectivity index (χ0) is 15.0. The maximum atomic E-state index is 13.9. The molecule has 1 aromatic carbocycles. The predicted molar refractivity (Wildman–Crippen MR) is 76.9 cm³/mol. The number of aromatic amines is 1. The lowest BCUT2D eigenvalue weighted by molar-refractivity contribution is -0.385. The van der Waals surface area contributed by atoms with Crippen LogP contribution < -0.4 is 4.74 Å². The van der Waals surface area contributed by atoms with Gasteiger partial charge < -0.3 is 9.72 Å². The zero-order valence-corrected chi connectivity index (χ0v) is 11.9. The number of nitro groups is 1. The van der Waals surface area contributed by atoms with E-state index in [1.54, 1.807) is 12.3 Å². The number of aromatic nitrogens is 2. The van der Waals surface area contributed by atoms with Gasteiger partial charge in [-0.2, -0.15) is 0 Å². The Bertz CT molecular complexity index is 850. The Kier molecular flexibility index (Phi) is 3.30. The quantitative estimate of drug-likeness (QED) is 0.567. The van der Waals surface area contributed by atoms with Gasteiger partial charge in [-0.1, -0.05) is 0 Å². The number of hydrogen-bond donors (Lipinski definition) is 1. The van der Waals surface area contributed by atoms with Gasteiger partial charge in [0, 0.05) is 22.9 Å². The van der Waals surface area contributed by atoms with Gasteiger partial charge in [-0.15, -0.1) is 0 Å². The Morgan fingerprint density at radius 1 is 1.33 bits per heavy atom. The molecule has 0 aliphatic carbocycles. The van der Waals surface area contributed by atoms with Crippen molar-refractivity contribution in [2.45, 2.75) is 0 Å². The summed E-state index contributed by atoms with van der Waals surface area (Å²) in [7, 11) is 0. The molecule has 1 N–H and O–H groups in total. The Labute approximate surface area is 125 Å². The van der Waals surface area contributed by atoms with Gasteiger partial charge in [0.1, 0.15) is 11.4 Å². The number of nitrogens with zero attached hydrogens (tertiary/aromatic N) is 2. The van der Waals surface area contributed by atoms with Gasteiger partial charge in [0.15, 0.2) is 11.6 Å². The van der Waals surface area contributed by atoms with E-state index in [-0.39, 0.29) is 11.4 Å². The lowest BCUT2D eigenvalue weighted by Gasteiger charge is -2.07. The summed E-state index contributed by atoms with van der Waals surface area (Å²) in [6.07, 6.45) is 3.21. The Morgan fingerprint density at radius 3 is 2.86 bits per heavy atom. The maximum Gasteiger partial charge on any atom is 0.272 e. The average Bonchev–Trinajstić information content (AvgIpc) is 2.83.